The maximum Gasteiger partial charge on any atom is 0.326 e. The topological polar surface area (TPSA) is 80.0 Å². The molecule has 0 spiro atoms. The lowest BCUT2D eigenvalue weighted by Gasteiger charge is -2.24. The van der Waals surface area contributed by atoms with Crippen LogP contribution in [0.2, 0.25) is 0 Å². The SMILES string of the molecule is Cc1cc(-c2cc(C)c3ncnn3c2)cc2[nH]c(=O)n(C3CCNCC3)c12. The van der Waals surface area contributed by atoms with Crippen molar-refractivity contribution in [2.24, 2.45) is 0 Å². The van der Waals surface area contributed by atoms with Crippen molar-refractivity contribution in [1.82, 2.24) is 29.5 Å². The molecule has 27 heavy (non-hydrogen) atoms. The molecule has 0 atom stereocenters. The Kier molecular flexibility index (Phi) is 3.65. The summed E-state index contributed by atoms with van der Waals surface area (Å²) in [7, 11) is 0. The van der Waals surface area contributed by atoms with E-state index in [1.165, 1.54) is 0 Å². The summed E-state index contributed by atoms with van der Waals surface area (Å²) < 4.78 is 3.76. The van der Waals surface area contributed by atoms with Gasteiger partial charge in [0.05, 0.1) is 11.0 Å². The minimum Gasteiger partial charge on any atom is -0.317 e. The van der Waals surface area contributed by atoms with E-state index in [-0.39, 0.29) is 11.7 Å². The minimum absolute atomic E-state index is 0.0138. The first kappa shape index (κ1) is 16.3. The van der Waals surface area contributed by atoms with Gasteiger partial charge in [0.2, 0.25) is 0 Å². The van der Waals surface area contributed by atoms with Crippen molar-refractivity contribution in [3.63, 3.8) is 0 Å². The van der Waals surface area contributed by atoms with Crippen LogP contribution >= 0.6 is 0 Å². The molecular formula is C20H22N6O. The summed E-state index contributed by atoms with van der Waals surface area (Å²) in [6.45, 7) is 6.03. The van der Waals surface area contributed by atoms with Crippen LogP contribution in [0.4, 0.5) is 0 Å². The Morgan fingerprint density at radius 2 is 1.85 bits per heavy atom. The molecule has 138 valence electrons. The highest BCUT2D eigenvalue weighted by Crippen LogP contribution is 2.30. The van der Waals surface area contributed by atoms with Gasteiger partial charge >= 0.3 is 5.69 Å². The molecule has 7 nitrogen and oxygen atoms in total. The number of piperidine rings is 1. The first-order valence-corrected chi connectivity index (χ1v) is 9.38. The molecule has 4 heterocycles. The van der Waals surface area contributed by atoms with Gasteiger partial charge in [-0.1, -0.05) is 0 Å². The quantitative estimate of drug-likeness (QED) is 0.574. The Bertz CT molecular complexity index is 1210. The van der Waals surface area contributed by atoms with E-state index in [0.717, 1.165) is 64.9 Å². The van der Waals surface area contributed by atoms with E-state index in [4.69, 9.17) is 0 Å². The van der Waals surface area contributed by atoms with Crippen LogP contribution in [0.1, 0.15) is 30.0 Å². The lowest BCUT2D eigenvalue weighted by atomic mass is 10.0. The number of hydrogen-bond donors (Lipinski definition) is 2. The number of aromatic amines is 1. The Labute approximate surface area is 156 Å². The summed E-state index contributed by atoms with van der Waals surface area (Å²) in [5.74, 6) is 0. The average molecular weight is 362 g/mol. The molecular weight excluding hydrogens is 340 g/mol. The lowest BCUT2D eigenvalue weighted by Crippen LogP contribution is -2.33. The molecule has 4 aromatic rings. The molecule has 2 N–H and O–H groups in total. The van der Waals surface area contributed by atoms with Gasteiger partial charge in [-0.15, -0.1) is 0 Å². The summed E-state index contributed by atoms with van der Waals surface area (Å²) in [6, 6.07) is 6.60. The molecule has 7 heteroatoms. The van der Waals surface area contributed by atoms with Gasteiger partial charge in [0.1, 0.15) is 6.33 Å². The second-order valence-electron chi connectivity index (χ2n) is 7.41. The van der Waals surface area contributed by atoms with Crippen LogP contribution in [0.15, 0.2) is 35.5 Å². The van der Waals surface area contributed by atoms with Crippen LogP contribution in [0, 0.1) is 13.8 Å². The first-order chi connectivity index (χ1) is 13.1. The molecule has 0 saturated carbocycles. The maximum absolute atomic E-state index is 12.7. The van der Waals surface area contributed by atoms with E-state index >= 15 is 0 Å². The van der Waals surface area contributed by atoms with E-state index in [2.05, 4.69) is 45.5 Å². The first-order valence-electron chi connectivity index (χ1n) is 9.38. The van der Waals surface area contributed by atoms with Gasteiger partial charge in [0.25, 0.3) is 0 Å². The van der Waals surface area contributed by atoms with Crippen LogP contribution in [-0.2, 0) is 0 Å². The number of rotatable bonds is 2. The Morgan fingerprint density at radius 3 is 2.67 bits per heavy atom. The molecule has 0 amide bonds. The largest absolute Gasteiger partial charge is 0.326 e. The molecule has 0 bridgehead atoms. The standard InChI is InChI=1S/C20H22N6O/c1-12-7-14(15-8-13(2)19-22-11-23-25(19)10-15)9-17-18(12)26(20(27)24-17)16-3-5-21-6-4-16/h7-11,16,21H,3-6H2,1-2H3,(H,24,27). The Hall–Kier alpha value is -2.93. The number of aromatic nitrogens is 5. The molecule has 3 aromatic heterocycles. The van der Waals surface area contributed by atoms with Crippen molar-refractivity contribution in [2.45, 2.75) is 32.7 Å². The van der Waals surface area contributed by atoms with E-state index < -0.39 is 0 Å². The fourth-order valence-electron chi connectivity index (χ4n) is 4.30. The number of nitrogens with one attached hydrogen (secondary N) is 2. The number of hydrogen-bond acceptors (Lipinski definition) is 4. The number of H-pyrrole nitrogens is 1. The van der Waals surface area contributed by atoms with Crippen molar-refractivity contribution in [2.75, 3.05) is 13.1 Å². The van der Waals surface area contributed by atoms with Crippen LogP contribution in [-0.4, -0.2) is 37.2 Å². The molecule has 0 unspecified atom stereocenters. The highest BCUT2D eigenvalue weighted by molar-refractivity contribution is 5.85. The fourth-order valence-corrected chi connectivity index (χ4v) is 4.30. The molecule has 1 fully saturated rings. The second kappa shape index (κ2) is 6.06. The van der Waals surface area contributed by atoms with Crippen molar-refractivity contribution >= 4 is 16.7 Å². The van der Waals surface area contributed by atoms with Crippen molar-refractivity contribution < 1.29 is 0 Å². The molecule has 0 radical (unpaired) electrons. The number of pyridine rings is 1. The molecule has 1 aromatic carbocycles. The summed E-state index contributed by atoms with van der Waals surface area (Å²) in [4.78, 5) is 20.1. The van der Waals surface area contributed by atoms with Crippen LogP contribution in [0.3, 0.4) is 0 Å². The molecule has 1 aliphatic rings. The zero-order chi connectivity index (χ0) is 18.5. The average Bonchev–Trinajstić information content (AvgIpc) is 3.26. The molecule has 0 aliphatic carbocycles. The summed E-state index contributed by atoms with van der Waals surface area (Å²) in [5, 5.41) is 7.64. The number of benzene rings is 1. The van der Waals surface area contributed by atoms with E-state index in [1.807, 2.05) is 17.7 Å². The van der Waals surface area contributed by atoms with Gasteiger partial charge in [0.15, 0.2) is 5.65 Å². The summed E-state index contributed by atoms with van der Waals surface area (Å²) >= 11 is 0. The Morgan fingerprint density at radius 1 is 1.07 bits per heavy atom. The number of imidazole rings is 1. The van der Waals surface area contributed by atoms with Crippen LogP contribution in [0.25, 0.3) is 27.8 Å². The maximum atomic E-state index is 12.7. The van der Waals surface area contributed by atoms with Gasteiger partial charge in [-0.05, 0) is 74.7 Å². The van der Waals surface area contributed by atoms with Gasteiger partial charge in [0, 0.05) is 17.8 Å². The van der Waals surface area contributed by atoms with Crippen molar-refractivity contribution in [3.05, 3.63) is 52.3 Å². The predicted octanol–water partition coefficient (Wildman–Crippen LogP) is 2.58. The zero-order valence-corrected chi connectivity index (χ0v) is 15.5. The van der Waals surface area contributed by atoms with Gasteiger partial charge < -0.3 is 10.3 Å². The Balaban J connectivity index is 1.68. The minimum atomic E-state index is -0.0138. The number of nitrogens with zero attached hydrogens (tertiary/aromatic N) is 4. The highest BCUT2D eigenvalue weighted by Gasteiger charge is 2.21. The second-order valence-corrected chi connectivity index (χ2v) is 7.41. The molecule has 5 rings (SSSR count). The lowest BCUT2D eigenvalue weighted by molar-refractivity contribution is 0.368. The smallest absolute Gasteiger partial charge is 0.317 e. The number of fused-ring (bicyclic) bond motifs is 2. The highest BCUT2D eigenvalue weighted by atomic mass is 16.1. The van der Waals surface area contributed by atoms with Crippen molar-refractivity contribution in [3.8, 4) is 11.1 Å². The number of aryl methyl sites for hydroxylation is 2. The van der Waals surface area contributed by atoms with Crippen molar-refractivity contribution in [1.29, 1.82) is 0 Å². The summed E-state index contributed by atoms with van der Waals surface area (Å²) in [5.41, 5.74) is 7.07. The zero-order valence-electron chi connectivity index (χ0n) is 15.5. The fraction of sp³-hybridized carbons (Fsp3) is 0.350. The normalized spacial score (nSPS) is 15.8. The van der Waals surface area contributed by atoms with E-state index in [9.17, 15) is 4.79 Å². The predicted molar refractivity (Wildman–Crippen MR) is 105 cm³/mol. The molecule has 1 saturated heterocycles. The van der Waals surface area contributed by atoms with Gasteiger partial charge in [-0.25, -0.2) is 14.3 Å². The van der Waals surface area contributed by atoms with Crippen LogP contribution in [0.5, 0.6) is 0 Å². The third-order valence-electron chi connectivity index (χ3n) is 5.57. The third kappa shape index (κ3) is 2.57. The van der Waals surface area contributed by atoms with Gasteiger partial charge in [-0.2, -0.15) is 5.10 Å². The van der Waals surface area contributed by atoms with E-state index in [0.29, 0.717) is 0 Å². The third-order valence-corrected chi connectivity index (χ3v) is 5.57. The van der Waals surface area contributed by atoms with E-state index in [1.54, 1.807) is 10.8 Å². The molecule has 1 aliphatic heterocycles. The van der Waals surface area contributed by atoms with Crippen LogP contribution < -0.4 is 11.0 Å². The van der Waals surface area contributed by atoms with Gasteiger partial charge in [-0.3, -0.25) is 4.57 Å². The monoisotopic (exact) mass is 362 g/mol. The summed E-state index contributed by atoms with van der Waals surface area (Å²) in [6.07, 6.45) is 5.52.